The number of carbonyl (C=O) groups excluding carboxylic acids is 3. The van der Waals surface area contributed by atoms with Gasteiger partial charge in [-0.25, -0.2) is 4.57 Å². The van der Waals surface area contributed by atoms with Crippen molar-refractivity contribution in [2.24, 2.45) is 11.0 Å². The molecule has 158 valence electrons. The van der Waals surface area contributed by atoms with Crippen LogP contribution in [0.5, 0.6) is 0 Å². The summed E-state index contributed by atoms with van der Waals surface area (Å²) in [5, 5.41) is 5.45. The van der Waals surface area contributed by atoms with Gasteiger partial charge in [-0.05, 0) is 5.53 Å². The molecule has 0 aromatic carbocycles. The zero-order chi connectivity index (χ0) is 21.5. The van der Waals surface area contributed by atoms with E-state index >= 15 is 0 Å². The molecule has 1 amide bonds. The predicted molar refractivity (Wildman–Crippen MR) is 89.1 cm³/mol. The Labute approximate surface area is 159 Å². The number of azide groups is 1. The lowest BCUT2D eigenvalue weighted by Gasteiger charge is -2.44. The summed E-state index contributed by atoms with van der Waals surface area (Å²) in [7, 11) is -5.05. The molecule has 0 aromatic heterocycles. The van der Waals surface area contributed by atoms with E-state index in [0.717, 1.165) is 13.8 Å². The number of carbonyl (C=O) groups is 3. The maximum Gasteiger partial charge on any atom is 0.472 e. The number of amides is 1. The molecule has 0 bridgehead atoms. The number of phosphoric acid groups is 1. The molecule has 1 aliphatic rings. The van der Waals surface area contributed by atoms with E-state index in [1.807, 2.05) is 0 Å². The van der Waals surface area contributed by atoms with Gasteiger partial charge in [-0.15, -0.1) is 0 Å². The number of nitrogens with zero attached hydrogens (tertiary/aromatic N) is 3. The zero-order valence-corrected chi connectivity index (χ0v) is 16.1. The summed E-state index contributed by atoms with van der Waals surface area (Å²) in [5.41, 5.74) is 8.28. The molecule has 1 saturated heterocycles. The molecule has 0 aromatic rings. The first-order valence-corrected chi connectivity index (χ1v) is 9.47. The summed E-state index contributed by atoms with van der Waals surface area (Å²) >= 11 is 0. The lowest BCUT2D eigenvalue weighted by atomic mass is 9.88. The largest absolute Gasteiger partial charge is 0.472 e. The van der Waals surface area contributed by atoms with E-state index in [4.69, 9.17) is 29.5 Å². The Kier molecular flexibility index (Phi) is 8.82. The van der Waals surface area contributed by atoms with Crippen LogP contribution >= 0.6 is 7.82 Å². The molecular formula is C13H21N4O10P. The second-order valence-electron chi connectivity index (χ2n) is 5.86. The van der Waals surface area contributed by atoms with Crippen LogP contribution in [-0.2, 0) is 37.7 Å². The highest BCUT2D eigenvalue weighted by atomic mass is 31.2. The Balaban J connectivity index is 3.14. The fourth-order valence-electron chi connectivity index (χ4n) is 2.59. The third kappa shape index (κ3) is 7.80. The van der Waals surface area contributed by atoms with E-state index in [1.165, 1.54) is 6.92 Å². The number of phosphoric ester groups is 1. The molecule has 0 radical (unpaired) electrons. The molecule has 0 aliphatic carbocycles. The Morgan fingerprint density at radius 2 is 1.93 bits per heavy atom. The van der Waals surface area contributed by atoms with E-state index in [-0.39, 0.29) is 0 Å². The minimum absolute atomic E-state index is 0.391. The van der Waals surface area contributed by atoms with Crippen LogP contribution in [0.25, 0.3) is 10.4 Å². The number of hydrogen-bond acceptors (Lipinski definition) is 9. The van der Waals surface area contributed by atoms with Crippen molar-refractivity contribution >= 4 is 25.7 Å². The molecule has 14 nitrogen and oxygen atoms in total. The summed E-state index contributed by atoms with van der Waals surface area (Å²) in [6.07, 6.45) is -3.83. The van der Waals surface area contributed by atoms with Crippen molar-refractivity contribution in [3.8, 4) is 0 Å². The second-order valence-corrected chi connectivity index (χ2v) is 7.05. The molecule has 28 heavy (non-hydrogen) atoms. The lowest BCUT2D eigenvalue weighted by molar-refractivity contribution is -0.241. The highest BCUT2D eigenvalue weighted by molar-refractivity contribution is 7.46. The van der Waals surface area contributed by atoms with E-state index < -0.39 is 69.3 Å². The maximum absolute atomic E-state index is 11.9. The maximum atomic E-state index is 11.9. The molecule has 1 fully saturated rings. The predicted octanol–water partition coefficient (Wildman–Crippen LogP) is -0.253. The van der Waals surface area contributed by atoms with Gasteiger partial charge in [0.05, 0.1) is 6.04 Å². The fourth-order valence-corrected chi connectivity index (χ4v) is 3.04. The third-order valence-corrected chi connectivity index (χ3v) is 4.13. The van der Waals surface area contributed by atoms with Crippen molar-refractivity contribution in [1.29, 1.82) is 0 Å². The van der Waals surface area contributed by atoms with Crippen LogP contribution in [0.2, 0.25) is 0 Å². The minimum atomic E-state index is -5.05. The van der Waals surface area contributed by atoms with Crippen molar-refractivity contribution < 1.29 is 47.5 Å². The van der Waals surface area contributed by atoms with Crippen LogP contribution in [-0.4, -0.2) is 65.3 Å². The summed E-state index contributed by atoms with van der Waals surface area (Å²) in [6.45, 7) is 2.79. The normalized spacial score (nSPS) is 27.2. The van der Waals surface area contributed by atoms with Crippen LogP contribution < -0.4 is 5.32 Å². The molecule has 5 atom stereocenters. The third-order valence-electron chi connectivity index (χ3n) is 3.65. The topological polar surface area (TPSA) is 206 Å². The highest BCUT2D eigenvalue weighted by Crippen LogP contribution is 2.42. The van der Waals surface area contributed by atoms with Gasteiger partial charge >= 0.3 is 19.8 Å². The fraction of sp³-hybridized carbons (Fsp3) is 0.769. The molecule has 0 saturated carbocycles. The Morgan fingerprint density at radius 3 is 2.43 bits per heavy atom. The molecular weight excluding hydrogens is 403 g/mol. The number of ether oxygens (including phenoxy) is 3. The summed E-state index contributed by atoms with van der Waals surface area (Å²) in [5.74, 6) is -2.92. The first-order chi connectivity index (χ1) is 12.9. The number of hydrogen-bond donors (Lipinski definition) is 3. The molecule has 2 unspecified atom stereocenters. The van der Waals surface area contributed by atoms with Gasteiger partial charge in [-0.2, -0.15) is 0 Å². The van der Waals surface area contributed by atoms with Gasteiger partial charge in [0.2, 0.25) is 5.91 Å². The molecule has 1 aliphatic heterocycles. The Morgan fingerprint density at radius 1 is 1.29 bits per heavy atom. The van der Waals surface area contributed by atoms with Gasteiger partial charge in [0.25, 0.3) is 0 Å². The standard InChI is InChI=1S/C13H21N4O10P/c1-6-11(16-10(20)4-15-17-14)13(27-28(21,22)23)26-9(5-24-7(2)18)12(6)25-8(3)19/h6,9,11-13H,4-5H2,1-3H3,(H,16,20)(H2,21,22,23)/t6-,9?,11?,12-,13-/m1/s1. The quantitative estimate of drug-likeness (QED) is 0.153. The number of esters is 2. The van der Waals surface area contributed by atoms with E-state index in [9.17, 15) is 18.9 Å². The van der Waals surface area contributed by atoms with Crippen molar-refractivity contribution in [2.75, 3.05) is 13.2 Å². The highest BCUT2D eigenvalue weighted by Gasteiger charge is 2.48. The SMILES string of the molecule is CC(=O)OCC1O[C@H](OP(=O)(O)O)C(NC(=O)CN=[N+]=[N-])[C@@H](C)[C@H]1OC(C)=O. The van der Waals surface area contributed by atoms with Crippen LogP contribution in [0.3, 0.4) is 0 Å². The molecule has 3 N–H and O–H groups in total. The first-order valence-electron chi connectivity index (χ1n) is 7.94. The van der Waals surface area contributed by atoms with Crippen LogP contribution in [0.4, 0.5) is 0 Å². The monoisotopic (exact) mass is 424 g/mol. The summed E-state index contributed by atoms with van der Waals surface area (Å²) in [6, 6.07) is -1.19. The summed E-state index contributed by atoms with van der Waals surface area (Å²) < 4.78 is 31.3. The molecule has 1 rings (SSSR count). The van der Waals surface area contributed by atoms with Gasteiger partial charge in [-0.1, -0.05) is 12.0 Å². The van der Waals surface area contributed by atoms with Gasteiger partial charge in [0.15, 0.2) is 6.29 Å². The van der Waals surface area contributed by atoms with Gasteiger partial charge in [0, 0.05) is 24.7 Å². The van der Waals surface area contributed by atoms with Crippen molar-refractivity contribution in [3.63, 3.8) is 0 Å². The molecule has 1 heterocycles. The Hall–Kier alpha value is -2.21. The Bertz CT molecular complexity index is 691. The van der Waals surface area contributed by atoms with Crippen LogP contribution in [0.1, 0.15) is 20.8 Å². The average Bonchev–Trinajstić information content (AvgIpc) is 2.55. The van der Waals surface area contributed by atoms with Gasteiger partial charge < -0.3 is 29.3 Å². The van der Waals surface area contributed by atoms with Gasteiger partial charge in [-0.3, -0.25) is 18.9 Å². The average molecular weight is 424 g/mol. The van der Waals surface area contributed by atoms with Gasteiger partial charge in [0.1, 0.15) is 25.4 Å². The summed E-state index contributed by atoms with van der Waals surface area (Å²) in [4.78, 5) is 55.1. The number of nitrogens with one attached hydrogen (secondary N) is 1. The smallest absolute Gasteiger partial charge is 0.463 e. The van der Waals surface area contributed by atoms with Crippen LogP contribution in [0, 0.1) is 5.92 Å². The molecule has 0 spiro atoms. The van der Waals surface area contributed by atoms with Crippen molar-refractivity contribution in [3.05, 3.63) is 10.4 Å². The van der Waals surface area contributed by atoms with Crippen LogP contribution in [0.15, 0.2) is 5.11 Å². The second kappa shape index (κ2) is 10.4. The number of rotatable bonds is 8. The zero-order valence-electron chi connectivity index (χ0n) is 15.3. The first kappa shape index (κ1) is 23.8. The molecule has 15 heteroatoms. The lowest BCUT2D eigenvalue weighted by Crippen LogP contribution is -2.62. The minimum Gasteiger partial charge on any atom is -0.463 e. The van der Waals surface area contributed by atoms with Crippen molar-refractivity contribution in [1.82, 2.24) is 5.32 Å². The van der Waals surface area contributed by atoms with Crippen molar-refractivity contribution in [2.45, 2.75) is 45.3 Å². The van der Waals surface area contributed by atoms with E-state index in [0.29, 0.717) is 0 Å². The van der Waals surface area contributed by atoms with E-state index in [2.05, 4.69) is 19.9 Å². The van der Waals surface area contributed by atoms with E-state index in [1.54, 1.807) is 0 Å².